The van der Waals surface area contributed by atoms with Crippen LogP contribution in [0.1, 0.15) is 310 Å². The van der Waals surface area contributed by atoms with E-state index in [2.05, 4.69) is 93.7 Å². The number of hydrogen-bond acceptors (Lipinski definition) is 6. The van der Waals surface area contributed by atoms with Crippen LogP contribution in [0.3, 0.4) is 0 Å². The Morgan fingerprint density at radius 2 is 0.569 bits per heavy atom. The Kier molecular flexibility index (Phi) is 57.8. The van der Waals surface area contributed by atoms with E-state index >= 15 is 0 Å². The average Bonchev–Trinajstić information content (AvgIpc) is 3.38. The maximum atomic E-state index is 12.9. The van der Waals surface area contributed by atoms with Gasteiger partial charge in [-0.1, -0.05) is 261 Å². The molecule has 0 rings (SSSR count). The van der Waals surface area contributed by atoms with E-state index in [0.29, 0.717) is 19.3 Å². The second kappa shape index (κ2) is 60.4. The van der Waals surface area contributed by atoms with Crippen LogP contribution in [0.4, 0.5) is 0 Å². The SMILES string of the molecule is CC/C=C\C/C=C\C/C=C\C/C=C\CCCCCCCCCCCCCCC(=O)OCC(COC(=O)CCCCCCC/C=C\CCC)OC(=O)CCCCCCCCCCC/C=C\CCCCCCCC. The Morgan fingerprint density at radius 3 is 0.917 bits per heavy atom. The molecule has 0 radical (unpaired) electrons. The van der Waals surface area contributed by atoms with Crippen LogP contribution in [0, 0.1) is 0 Å². The van der Waals surface area contributed by atoms with Gasteiger partial charge in [0.1, 0.15) is 13.2 Å². The third kappa shape index (κ3) is 57.7. The zero-order valence-corrected chi connectivity index (χ0v) is 47.7. The van der Waals surface area contributed by atoms with Gasteiger partial charge in [-0.05, 0) is 103 Å². The smallest absolute Gasteiger partial charge is 0.306 e. The Hall–Kier alpha value is -3.15. The van der Waals surface area contributed by atoms with E-state index in [4.69, 9.17) is 14.2 Å². The normalized spacial score (nSPS) is 12.5. The van der Waals surface area contributed by atoms with Gasteiger partial charge in [0, 0.05) is 19.3 Å². The highest BCUT2D eigenvalue weighted by Crippen LogP contribution is 2.16. The lowest BCUT2D eigenvalue weighted by Gasteiger charge is -2.18. The van der Waals surface area contributed by atoms with Gasteiger partial charge in [0.2, 0.25) is 0 Å². The van der Waals surface area contributed by atoms with E-state index in [1.165, 1.54) is 173 Å². The average molecular weight is 1010 g/mol. The van der Waals surface area contributed by atoms with E-state index in [0.717, 1.165) is 96.3 Å². The molecule has 416 valence electrons. The molecule has 0 N–H and O–H groups in total. The molecule has 72 heavy (non-hydrogen) atoms. The number of esters is 3. The third-order valence-corrected chi connectivity index (χ3v) is 13.4. The van der Waals surface area contributed by atoms with Crippen molar-refractivity contribution >= 4 is 17.9 Å². The molecule has 0 aromatic carbocycles. The number of rotatable bonds is 56. The van der Waals surface area contributed by atoms with Crippen molar-refractivity contribution in [3.05, 3.63) is 72.9 Å². The summed E-state index contributed by atoms with van der Waals surface area (Å²) >= 11 is 0. The molecule has 0 spiro atoms. The topological polar surface area (TPSA) is 78.9 Å². The molecule has 0 aliphatic heterocycles. The van der Waals surface area contributed by atoms with Crippen LogP contribution in [0.15, 0.2) is 72.9 Å². The minimum atomic E-state index is -0.780. The molecule has 0 saturated carbocycles. The molecular formula is C66H116O6. The summed E-state index contributed by atoms with van der Waals surface area (Å²) < 4.78 is 16.9. The Balaban J connectivity index is 4.23. The van der Waals surface area contributed by atoms with Crippen LogP contribution in [0.25, 0.3) is 0 Å². The van der Waals surface area contributed by atoms with E-state index in [1.807, 2.05) is 0 Å². The molecule has 1 atom stereocenters. The lowest BCUT2D eigenvalue weighted by atomic mass is 10.0. The molecule has 0 heterocycles. The largest absolute Gasteiger partial charge is 0.462 e. The highest BCUT2D eigenvalue weighted by molar-refractivity contribution is 5.71. The van der Waals surface area contributed by atoms with Crippen LogP contribution in [0.2, 0.25) is 0 Å². The minimum Gasteiger partial charge on any atom is -0.462 e. The summed E-state index contributed by atoms with van der Waals surface area (Å²) in [5, 5.41) is 0. The van der Waals surface area contributed by atoms with Gasteiger partial charge in [-0.25, -0.2) is 0 Å². The molecule has 1 unspecified atom stereocenters. The molecule has 0 aliphatic rings. The molecule has 6 heteroatoms. The van der Waals surface area contributed by atoms with Crippen LogP contribution in [-0.2, 0) is 28.6 Å². The second-order valence-corrected chi connectivity index (χ2v) is 20.6. The van der Waals surface area contributed by atoms with Gasteiger partial charge in [0.25, 0.3) is 0 Å². The fourth-order valence-electron chi connectivity index (χ4n) is 8.79. The number of carbonyl (C=O) groups is 3. The van der Waals surface area contributed by atoms with Gasteiger partial charge in [-0.15, -0.1) is 0 Å². The molecule has 6 nitrogen and oxygen atoms in total. The van der Waals surface area contributed by atoms with Gasteiger partial charge in [-0.3, -0.25) is 14.4 Å². The van der Waals surface area contributed by atoms with Crippen LogP contribution in [0.5, 0.6) is 0 Å². The first-order valence-electron chi connectivity index (χ1n) is 30.9. The standard InChI is InChI=1S/C66H116O6/c1-4-7-10-13-16-19-22-24-26-28-30-31-32-33-34-35-37-38-40-42-44-47-50-53-56-59-65(68)71-62-63(61-70-64(67)58-55-52-49-46-21-18-15-12-9-6-3)72-66(69)60-57-54-51-48-45-43-41-39-36-29-27-25-23-20-17-14-11-8-5-2/h7,10,12,15-16,19,24-27,30-31,63H,4-6,8-9,11,13-14,17-18,20-23,28-29,32-62H2,1-3H3/b10-7-,15-12-,19-16-,26-24-,27-25-,31-30-. The van der Waals surface area contributed by atoms with Gasteiger partial charge < -0.3 is 14.2 Å². The van der Waals surface area contributed by atoms with Crippen molar-refractivity contribution in [2.45, 2.75) is 316 Å². The van der Waals surface area contributed by atoms with Crippen LogP contribution < -0.4 is 0 Å². The van der Waals surface area contributed by atoms with E-state index in [9.17, 15) is 14.4 Å². The van der Waals surface area contributed by atoms with Crippen molar-refractivity contribution < 1.29 is 28.6 Å². The van der Waals surface area contributed by atoms with Gasteiger partial charge >= 0.3 is 17.9 Å². The lowest BCUT2D eigenvalue weighted by molar-refractivity contribution is -0.167. The first kappa shape index (κ1) is 68.8. The molecule has 0 aromatic rings. The predicted molar refractivity (Wildman–Crippen MR) is 311 cm³/mol. The highest BCUT2D eigenvalue weighted by Gasteiger charge is 2.19. The lowest BCUT2D eigenvalue weighted by Crippen LogP contribution is -2.30. The van der Waals surface area contributed by atoms with E-state index < -0.39 is 6.10 Å². The zero-order valence-electron chi connectivity index (χ0n) is 47.7. The summed E-state index contributed by atoms with van der Waals surface area (Å²) in [6, 6.07) is 0. The van der Waals surface area contributed by atoms with Crippen LogP contribution in [-0.4, -0.2) is 37.2 Å². The Bertz CT molecular complexity index is 1340. The monoisotopic (exact) mass is 1000 g/mol. The van der Waals surface area contributed by atoms with E-state index in [-0.39, 0.29) is 31.1 Å². The molecule has 0 aliphatic carbocycles. The molecule has 0 aromatic heterocycles. The van der Waals surface area contributed by atoms with Gasteiger partial charge in [0.05, 0.1) is 0 Å². The Labute approximate surface area is 446 Å². The number of carbonyl (C=O) groups excluding carboxylic acids is 3. The second-order valence-electron chi connectivity index (χ2n) is 20.6. The molecule has 0 bridgehead atoms. The summed E-state index contributed by atoms with van der Waals surface area (Å²) in [6.07, 6.45) is 77.7. The molecular weight excluding hydrogens is 889 g/mol. The van der Waals surface area contributed by atoms with Crippen molar-refractivity contribution in [1.29, 1.82) is 0 Å². The number of allylic oxidation sites excluding steroid dienone is 12. The fraction of sp³-hybridized carbons (Fsp3) is 0.773. The number of hydrogen-bond donors (Lipinski definition) is 0. The van der Waals surface area contributed by atoms with Crippen molar-refractivity contribution in [3.8, 4) is 0 Å². The first-order chi connectivity index (χ1) is 35.5. The fourth-order valence-corrected chi connectivity index (χ4v) is 8.79. The summed E-state index contributed by atoms with van der Waals surface area (Å²) in [5.41, 5.74) is 0. The zero-order chi connectivity index (χ0) is 52.2. The first-order valence-corrected chi connectivity index (χ1v) is 30.9. The van der Waals surface area contributed by atoms with E-state index in [1.54, 1.807) is 0 Å². The summed E-state index contributed by atoms with van der Waals surface area (Å²) in [4.78, 5) is 38.2. The van der Waals surface area contributed by atoms with Gasteiger partial charge in [0.15, 0.2) is 6.10 Å². The quantitative estimate of drug-likeness (QED) is 0.0261. The van der Waals surface area contributed by atoms with Crippen molar-refractivity contribution in [2.24, 2.45) is 0 Å². The van der Waals surface area contributed by atoms with Gasteiger partial charge in [-0.2, -0.15) is 0 Å². The molecule has 0 fully saturated rings. The van der Waals surface area contributed by atoms with Crippen molar-refractivity contribution in [3.63, 3.8) is 0 Å². The van der Waals surface area contributed by atoms with Crippen LogP contribution >= 0.6 is 0 Å². The summed E-state index contributed by atoms with van der Waals surface area (Å²) in [6.45, 7) is 6.48. The molecule has 0 saturated heterocycles. The highest BCUT2D eigenvalue weighted by atomic mass is 16.6. The minimum absolute atomic E-state index is 0.0781. The summed E-state index contributed by atoms with van der Waals surface area (Å²) in [7, 11) is 0. The predicted octanol–water partition coefficient (Wildman–Crippen LogP) is 20.9. The molecule has 0 amide bonds. The van der Waals surface area contributed by atoms with Crippen molar-refractivity contribution in [2.75, 3.05) is 13.2 Å². The summed E-state index contributed by atoms with van der Waals surface area (Å²) in [5.74, 6) is -0.881. The Morgan fingerprint density at radius 1 is 0.292 bits per heavy atom. The van der Waals surface area contributed by atoms with Crippen molar-refractivity contribution in [1.82, 2.24) is 0 Å². The maximum absolute atomic E-state index is 12.9. The number of ether oxygens (including phenoxy) is 3. The third-order valence-electron chi connectivity index (χ3n) is 13.4. The maximum Gasteiger partial charge on any atom is 0.306 e. The number of unbranched alkanes of at least 4 members (excludes halogenated alkanes) is 33.